The largest absolute Gasteiger partial charge is 0.334 e. The fraction of sp³-hybridized carbons (Fsp3) is 0.320. The maximum absolute atomic E-state index is 12.6. The van der Waals surface area contributed by atoms with Crippen LogP contribution in [0.3, 0.4) is 0 Å². The molecule has 33 heavy (non-hydrogen) atoms. The molecular weight excluding hydrogens is 416 g/mol. The fourth-order valence-corrected chi connectivity index (χ4v) is 4.02. The smallest absolute Gasteiger partial charge is 0.317 e. The van der Waals surface area contributed by atoms with Crippen molar-refractivity contribution in [3.63, 3.8) is 0 Å². The lowest BCUT2D eigenvalue weighted by Gasteiger charge is -2.34. The maximum Gasteiger partial charge on any atom is 0.317 e. The summed E-state index contributed by atoms with van der Waals surface area (Å²) < 4.78 is 1.79. The van der Waals surface area contributed by atoms with Crippen molar-refractivity contribution < 1.29 is 9.59 Å². The maximum atomic E-state index is 12.6. The van der Waals surface area contributed by atoms with Gasteiger partial charge in [-0.3, -0.25) is 9.69 Å². The number of carbonyl (C=O) groups is 2. The van der Waals surface area contributed by atoms with Crippen LogP contribution < -0.4 is 10.6 Å². The highest BCUT2D eigenvalue weighted by atomic mass is 16.2. The summed E-state index contributed by atoms with van der Waals surface area (Å²) in [6, 6.07) is 15.7. The van der Waals surface area contributed by atoms with Gasteiger partial charge in [-0.15, -0.1) is 0 Å². The highest BCUT2D eigenvalue weighted by molar-refractivity contribution is 5.93. The highest BCUT2D eigenvalue weighted by Gasteiger charge is 2.22. The summed E-state index contributed by atoms with van der Waals surface area (Å²) in [5.41, 5.74) is 4.97. The van der Waals surface area contributed by atoms with Crippen LogP contribution in [0.15, 0.2) is 60.9 Å². The van der Waals surface area contributed by atoms with E-state index in [-0.39, 0.29) is 11.9 Å². The number of para-hydroxylation sites is 1. The lowest BCUT2D eigenvalue weighted by molar-refractivity contribution is -0.117. The molecule has 1 aliphatic heterocycles. The summed E-state index contributed by atoms with van der Waals surface area (Å²) in [6.45, 7) is 7.29. The molecule has 0 aliphatic carbocycles. The summed E-state index contributed by atoms with van der Waals surface area (Å²) in [7, 11) is 0. The van der Waals surface area contributed by atoms with E-state index >= 15 is 0 Å². The van der Waals surface area contributed by atoms with Crippen LogP contribution in [0.1, 0.15) is 16.7 Å². The van der Waals surface area contributed by atoms with Gasteiger partial charge in [-0.25, -0.2) is 9.48 Å². The standard InChI is InChI=1S/C25H30N6O2/c1-19-6-3-7-20(2)24(19)28-23(32)18-29-12-14-30(15-13-29)25(33)26-17-21-8-4-9-22(16-21)31-11-5-10-27-31/h3-11,16H,12-15,17-18H2,1-2H3,(H,26,33)(H,28,32). The number of nitrogens with one attached hydrogen (secondary N) is 2. The van der Waals surface area contributed by atoms with Gasteiger partial charge in [0.15, 0.2) is 0 Å². The van der Waals surface area contributed by atoms with Crippen molar-refractivity contribution in [2.24, 2.45) is 0 Å². The molecule has 1 aliphatic rings. The zero-order valence-corrected chi connectivity index (χ0v) is 19.1. The van der Waals surface area contributed by atoms with Crippen LogP contribution in [0.4, 0.5) is 10.5 Å². The fourth-order valence-electron chi connectivity index (χ4n) is 4.02. The third-order valence-corrected chi connectivity index (χ3v) is 5.90. The van der Waals surface area contributed by atoms with Crippen LogP contribution >= 0.6 is 0 Å². The van der Waals surface area contributed by atoms with Crippen LogP contribution in [0.5, 0.6) is 0 Å². The Morgan fingerprint density at radius 2 is 1.70 bits per heavy atom. The predicted molar refractivity (Wildman–Crippen MR) is 128 cm³/mol. The molecule has 0 bridgehead atoms. The van der Waals surface area contributed by atoms with Gasteiger partial charge in [-0.2, -0.15) is 5.10 Å². The molecule has 0 atom stereocenters. The molecule has 2 N–H and O–H groups in total. The number of piperazine rings is 1. The van der Waals surface area contributed by atoms with E-state index in [1.165, 1.54) is 0 Å². The Labute approximate surface area is 194 Å². The van der Waals surface area contributed by atoms with Gasteiger partial charge in [0.1, 0.15) is 0 Å². The van der Waals surface area contributed by atoms with E-state index in [0.29, 0.717) is 39.3 Å². The molecule has 1 aromatic heterocycles. The van der Waals surface area contributed by atoms with E-state index in [2.05, 4.69) is 20.6 Å². The molecule has 8 nitrogen and oxygen atoms in total. The second kappa shape index (κ2) is 10.3. The van der Waals surface area contributed by atoms with Crippen LogP contribution in [-0.2, 0) is 11.3 Å². The molecule has 2 heterocycles. The summed E-state index contributed by atoms with van der Waals surface area (Å²) in [5.74, 6) is -0.0256. The van der Waals surface area contributed by atoms with Gasteiger partial charge in [-0.1, -0.05) is 30.3 Å². The first-order chi connectivity index (χ1) is 16.0. The summed E-state index contributed by atoms with van der Waals surface area (Å²) in [4.78, 5) is 29.0. The van der Waals surface area contributed by atoms with E-state index in [0.717, 1.165) is 28.1 Å². The monoisotopic (exact) mass is 446 g/mol. The van der Waals surface area contributed by atoms with Crippen molar-refractivity contribution in [3.05, 3.63) is 77.6 Å². The molecule has 0 unspecified atom stereocenters. The Kier molecular flexibility index (Phi) is 7.04. The summed E-state index contributed by atoms with van der Waals surface area (Å²) in [6.07, 6.45) is 3.63. The zero-order chi connectivity index (χ0) is 23.2. The number of hydrogen-bond donors (Lipinski definition) is 2. The minimum absolute atomic E-state index is 0.0256. The number of aryl methyl sites for hydroxylation is 2. The Bertz CT molecular complexity index is 1080. The minimum atomic E-state index is -0.0841. The Morgan fingerprint density at radius 1 is 0.970 bits per heavy atom. The first-order valence-corrected chi connectivity index (χ1v) is 11.2. The number of amides is 3. The normalized spacial score (nSPS) is 14.2. The molecule has 3 aromatic rings. The minimum Gasteiger partial charge on any atom is -0.334 e. The number of nitrogens with zero attached hydrogens (tertiary/aromatic N) is 4. The Morgan fingerprint density at radius 3 is 2.39 bits per heavy atom. The Balaban J connectivity index is 1.22. The van der Waals surface area contributed by atoms with Crippen LogP contribution in [-0.4, -0.2) is 64.2 Å². The highest BCUT2D eigenvalue weighted by Crippen LogP contribution is 2.19. The van der Waals surface area contributed by atoms with Crippen LogP contribution in [0.2, 0.25) is 0 Å². The average Bonchev–Trinajstić information content (AvgIpc) is 3.36. The first-order valence-electron chi connectivity index (χ1n) is 11.2. The summed E-state index contributed by atoms with van der Waals surface area (Å²) >= 11 is 0. The van der Waals surface area contributed by atoms with E-state index in [1.807, 2.05) is 68.6 Å². The van der Waals surface area contributed by atoms with Crippen LogP contribution in [0.25, 0.3) is 5.69 Å². The lowest BCUT2D eigenvalue weighted by Crippen LogP contribution is -2.52. The van der Waals surface area contributed by atoms with Gasteiger partial charge in [-0.05, 0) is 48.7 Å². The van der Waals surface area contributed by atoms with Gasteiger partial charge in [0.2, 0.25) is 5.91 Å². The number of hydrogen-bond acceptors (Lipinski definition) is 4. The zero-order valence-electron chi connectivity index (χ0n) is 19.1. The molecule has 3 amide bonds. The molecule has 8 heteroatoms. The predicted octanol–water partition coefficient (Wildman–Crippen LogP) is 2.96. The van der Waals surface area contributed by atoms with Gasteiger partial charge in [0.25, 0.3) is 0 Å². The third kappa shape index (κ3) is 5.78. The van der Waals surface area contributed by atoms with Crippen molar-refractivity contribution in [3.8, 4) is 5.69 Å². The molecular formula is C25H30N6O2. The number of urea groups is 1. The number of carbonyl (C=O) groups excluding carboxylic acids is 2. The molecule has 0 radical (unpaired) electrons. The van der Waals surface area contributed by atoms with Gasteiger partial charge in [0.05, 0.1) is 12.2 Å². The Hall–Kier alpha value is -3.65. The van der Waals surface area contributed by atoms with Crippen LogP contribution in [0, 0.1) is 13.8 Å². The molecule has 4 rings (SSSR count). The number of anilines is 1. The van der Waals surface area contributed by atoms with Gasteiger partial charge in [0, 0.05) is 50.8 Å². The SMILES string of the molecule is Cc1cccc(C)c1NC(=O)CN1CCN(C(=O)NCc2cccc(-n3cccn3)c2)CC1. The average molecular weight is 447 g/mol. The second-order valence-corrected chi connectivity index (χ2v) is 8.36. The van der Waals surface area contributed by atoms with E-state index in [9.17, 15) is 9.59 Å². The van der Waals surface area contributed by atoms with Gasteiger partial charge < -0.3 is 15.5 Å². The van der Waals surface area contributed by atoms with Crippen molar-refractivity contribution in [2.75, 3.05) is 38.0 Å². The van der Waals surface area contributed by atoms with E-state index in [4.69, 9.17) is 0 Å². The van der Waals surface area contributed by atoms with Crippen molar-refractivity contribution in [1.29, 1.82) is 0 Å². The molecule has 1 saturated heterocycles. The van der Waals surface area contributed by atoms with Crippen molar-refractivity contribution in [2.45, 2.75) is 20.4 Å². The van der Waals surface area contributed by atoms with E-state index < -0.39 is 0 Å². The lowest BCUT2D eigenvalue weighted by atomic mass is 10.1. The third-order valence-electron chi connectivity index (χ3n) is 5.90. The topological polar surface area (TPSA) is 82.5 Å². The molecule has 0 spiro atoms. The number of rotatable bonds is 6. The number of benzene rings is 2. The number of aromatic nitrogens is 2. The molecule has 1 fully saturated rings. The molecule has 0 saturated carbocycles. The van der Waals surface area contributed by atoms with Crippen molar-refractivity contribution in [1.82, 2.24) is 24.9 Å². The molecule has 172 valence electrons. The molecule has 2 aromatic carbocycles. The van der Waals surface area contributed by atoms with Crippen molar-refractivity contribution >= 4 is 17.6 Å². The first kappa shape index (κ1) is 22.5. The van der Waals surface area contributed by atoms with Gasteiger partial charge >= 0.3 is 6.03 Å². The summed E-state index contributed by atoms with van der Waals surface area (Å²) in [5, 5.41) is 10.3. The van der Waals surface area contributed by atoms with E-state index in [1.54, 1.807) is 15.8 Å². The quantitative estimate of drug-likeness (QED) is 0.610. The second-order valence-electron chi connectivity index (χ2n) is 8.36.